The molecule has 1 N–H and O–H groups in total. The molecule has 82 valence electrons. The molecule has 3 nitrogen and oxygen atoms in total. The molecule has 1 rings (SSSR count). The first-order valence-corrected chi connectivity index (χ1v) is 5.64. The quantitative estimate of drug-likeness (QED) is 0.736. The van der Waals surface area contributed by atoms with Gasteiger partial charge in [-0.3, -0.25) is 4.79 Å². The van der Waals surface area contributed by atoms with Crippen LogP contribution in [0.5, 0.6) is 0 Å². The molecular formula is C11H21NO2. The van der Waals surface area contributed by atoms with Crippen LogP contribution in [0.3, 0.4) is 0 Å². The van der Waals surface area contributed by atoms with Crippen molar-refractivity contribution in [3.63, 3.8) is 0 Å². The van der Waals surface area contributed by atoms with Crippen LogP contribution in [0.25, 0.3) is 0 Å². The second-order valence-corrected chi connectivity index (χ2v) is 4.08. The van der Waals surface area contributed by atoms with E-state index in [9.17, 15) is 4.79 Å². The summed E-state index contributed by atoms with van der Waals surface area (Å²) in [6.45, 7) is 6.38. The number of nitrogens with zero attached hydrogens (tertiary/aromatic N) is 1. The molecule has 1 fully saturated rings. The number of carbonyl (C=O) groups is 1. The normalized spacial score (nSPS) is 27.1. The lowest BCUT2D eigenvalue weighted by atomic mass is 9.98. The fraction of sp³-hybridized carbons (Fsp3) is 0.909. The summed E-state index contributed by atoms with van der Waals surface area (Å²) in [7, 11) is 0. The predicted octanol–water partition coefficient (Wildman–Crippen LogP) is 1.97. The number of carboxylic acid groups (broad SMARTS) is 1. The standard InChI is InChI=1S/C11H21NO2/c1-3-12(4-2)10-7-5-6-9(10)8-11(13)14/h9-10H,3-8H2,1-2H3,(H,13,14). The van der Waals surface area contributed by atoms with Crippen molar-refractivity contribution in [2.24, 2.45) is 5.92 Å². The van der Waals surface area contributed by atoms with Gasteiger partial charge in [-0.15, -0.1) is 0 Å². The summed E-state index contributed by atoms with van der Waals surface area (Å²) in [6.07, 6.45) is 3.81. The van der Waals surface area contributed by atoms with Crippen LogP contribution in [0.15, 0.2) is 0 Å². The molecule has 1 aliphatic carbocycles. The van der Waals surface area contributed by atoms with Gasteiger partial charge in [-0.2, -0.15) is 0 Å². The Morgan fingerprint density at radius 3 is 2.50 bits per heavy atom. The molecule has 1 saturated carbocycles. The maximum Gasteiger partial charge on any atom is 0.303 e. The van der Waals surface area contributed by atoms with E-state index in [-0.39, 0.29) is 0 Å². The molecule has 0 aliphatic heterocycles. The van der Waals surface area contributed by atoms with E-state index in [1.807, 2.05) is 0 Å². The van der Waals surface area contributed by atoms with Crippen molar-refractivity contribution in [3.8, 4) is 0 Å². The van der Waals surface area contributed by atoms with E-state index in [4.69, 9.17) is 5.11 Å². The van der Waals surface area contributed by atoms with Crippen molar-refractivity contribution in [2.45, 2.75) is 45.6 Å². The maximum absolute atomic E-state index is 10.7. The minimum Gasteiger partial charge on any atom is -0.481 e. The molecule has 2 atom stereocenters. The highest BCUT2D eigenvalue weighted by atomic mass is 16.4. The van der Waals surface area contributed by atoms with E-state index in [0.29, 0.717) is 18.4 Å². The van der Waals surface area contributed by atoms with Gasteiger partial charge in [0.1, 0.15) is 0 Å². The van der Waals surface area contributed by atoms with Crippen LogP contribution >= 0.6 is 0 Å². The largest absolute Gasteiger partial charge is 0.481 e. The average molecular weight is 199 g/mol. The van der Waals surface area contributed by atoms with Gasteiger partial charge in [-0.1, -0.05) is 20.3 Å². The monoisotopic (exact) mass is 199 g/mol. The van der Waals surface area contributed by atoms with E-state index in [2.05, 4.69) is 18.7 Å². The van der Waals surface area contributed by atoms with Crippen molar-refractivity contribution in [1.29, 1.82) is 0 Å². The molecule has 0 bridgehead atoms. The van der Waals surface area contributed by atoms with Crippen molar-refractivity contribution >= 4 is 5.97 Å². The highest BCUT2D eigenvalue weighted by Gasteiger charge is 2.31. The van der Waals surface area contributed by atoms with Crippen molar-refractivity contribution in [2.75, 3.05) is 13.1 Å². The van der Waals surface area contributed by atoms with Gasteiger partial charge in [0, 0.05) is 12.5 Å². The Bertz CT molecular complexity index is 190. The molecule has 0 heterocycles. The zero-order valence-corrected chi connectivity index (χ0v) is 9.20. The Morgan fingerprint density at radius 1 is 1.36 bits per heavy atom. The molecule has 1 aliphatic rings. The summed E-state index contributed by atoms with van der Waals surface area (Å²) in [5, 5.41) is 8.80. The van der Waals surface area contributed by atoms with Gasteiger partial charge in [0.05, 0.1) is 0 Å². The van der Waals surface area contributed by atoms with E-state index < -0.39 is 5.97 Å². The molecule has 3 heteroatoms. The molecule has 2 unspecified atom stereocenters. The fourth-order valence-corrected chi connectivity index (χ4v) is 2.65. The minimum absolute atomic E-state index is 0.348. The predicted molar refractivity (Wildman–Crippen MR) is 56.3 cm³/mol. The van der Waals surface area contributed by atoms with Gasteiger partial charge < -0.3 is 10.0 Å². The summed E-state index contributed by atoms with van der Waals surface area (Å²) in [5.41, 5.74) is 0. The van der Waals surface area contributed by atoms with Crippen LogP contribution in [-0.2, 0) is 4.79 Å². The van der Waals surface area contributed by atoms with Crippen molar-refractivity contribution in [1.82, 2.24) is 4.90 Å². The van der Waals surface area contributed by atoms with Crippen molar-refractivity contribution < 1.29 is 9.90 Å². The number of carboxylic acids is 1. The third-order valence-electron chi connectivity index (χ3n) is 3.34. The lowest BCUT2D eigenvalue weighted by Gasteiger charge is -2.30. The lowest BCUT2D eigenvalue weighted by molar-refractivity contribution is -0.138. The van der Waals surface area contributed by atoms with Crippen LogP contribution in [0, 0.1) is 5.92 Å². The molecule has 0 spiro atoms. The number of rotatable bonds is 5. The highest BCUT2D eigenvalue weighted by molar-refractivity contribution is 5.67. The number of aliphatic carboxylic acids is 1. The Morgan fingerprint density at radius 2 is 2.00 bits per heavy atom. The lowest BCUT2D eigenvalue weighted by Crippen LogP contribution is -2.38. The molecule has 14 heavy (non-hydrogen) atoms. The van der Waals surface area contributed by atoms with E-state index >= 15 is 0 Å². The smallest absolute Gasteiger partial charge is 0.303 e. The fourth-order valence-electron chi connectivity index (χ4n) is 2.65. The first-order valence-electron chi connectivity index (χ1n) is 5.64. The molecule has 0 radical (unpaired) electrons. The third-order valence-corrected chi connectivity index (χ3v) is 3.34. The second kappa shape index (κ2) is 5.35. The van der Waals surface area contributed by atoms with Crippen molar-refractivity contribution in [3.05, 3.63) is 0 Å². The molecule has 0 aromatic carbocycles. The van der Waals surface area contributed by atoms with Gasteiger partial charge in [0.2, 0.25) is 0 Å². The van der Waals surface area contributed by atoms with Gasteiger partial charge in [0.25, 0.3) is 0 Å². The zero-order chi connectivity index (χ0) is 10.6. The van der Waals surface area contributed by atoms with E-state index in [0.717, 1.165) is 19.5 Å². The minimum atomic E-state index is -0.644. The Kier molecular flexibility index (Phi) is 4.39. The van der Waals surface area contributed by atoms with Crippen LogP contribution in [0.4, 0.5) is 0 Å². The first-order chi connectivity index (χ1) is 6.69. The van der Waals surface area contributed by atoms with Gasteiger partial charge in [0.15, 0.2) is 0 Å². The summed E-state index contributed by atoms with van der Waals surface area (Å²) in [5.74, 6) is -0.263. The van der Waals surface area contributed by atoms with Gasteiger partial charge >= 0.3 is 5.97 Å². The highest BCUT2D eigenvalue weighted by Crippen LogP contribution is 2.32. The van der Waals surface area contributed by atoms with Crippen LogP contribution in [0.1, 0.15) is 39.5 Å². The van der Waals surface area contributed by atoms with E-state index in [1.165, 1.54) is 12.8 Å². The number of hydrogen-bond donors (Lipinski definition) is 1. The Balaban J connectivity index is 2.53. The van der Waals surface area contributed by atoms with Crippen LogP contribution in [0.2, 0.25) is 0 Å². The SMILES string of the molecule is CCN(CC)C1CCCC1CC(=O)O. The summed E-state index contributed by atoms with van der Waals surface area (Å²) < 4.78 is 0. The zero-order valence-electron chi connectivity index (χ0n) is 9.20. The van der Waals surface area contributed by atoms with Crippen LogP contribution in [-0.4, -0.2) is 35.1 Å². The Labute approximate surface area is 86.1 Å². The van der Waals surface area contributed by atoms with Gasteiger partial charge in [-0.05, 0) is 31.8 Å². The second-order valence-electron chi connectivity index (χ2n) is 4.08. The Hall–Kier alpha value is -0.570. The maximum atomic E-state index is 10.7. The van der Waals surface area contributed by atoms with Gasteiger partial charge in [-0.25, -0.2) is 0 Å². The molecule has 0 saturated heterocycles. The van der Waals surface area contributed by atoms with E-state index in [1.54, 1.807) is 0 Å². The average Bonchev–Trinajstić information content (AvgIpc) is 2.55. The summed E-state index contributed by atoms with van der Waals surface area (Å²) in [4.78, 5) is 13.1. The summed E-state index contributed by atoms with van der Waals surface area (Å²) >= 11 is 0. The first kappa shape index (κ1) is 11.5. The topological polar surface area (TPSA) is 40.5 Å². The molecule has 0 aromatic heterocycles. The third kappa shape index (κ3) is 2.71. The number of hydrogen-bond acceptors (Lipinski definition) is 2. The molecule has 0 aromatic rings. The summed E-state index contributed by atoms with van der Waals surface area (Å²) in [6, 6.07) is 0.515. The molecular weight excluding hydrogens is 178 g/mol. The molecule has 0 amide bonds. The van der Waals surface area contributed by atoms with Crippen LogP contribution < -0.4 is 0 Å².